The van der Waals surface area contributed by atoms with E-state index in [4.69, 9.17) is 9.73 Å². The van der Waals surface area contributed by atoms with Gasteiger partial charge in [0.15, 0.2) is 5.90 Å². The van der Waals surface area contributed by atoms with Crippen LogP contribution in [0.3, 0.4) is 0 Å². The van der Waals surface area contributed by atoms with Gasteiger partial charge in [0.25, 0.3) is 0 Å². The lowest BCUT2D eigenvalue weighted by Gasteiger charge is -2.34. The first-order chi connectivity index (χ1) is 14.0. The molecule has 3 heteroatoms. The number of ether oxygens (including phenoxy) is 1. The molecule has 1 aliphatic heterocycles. The SMILES string of the molecule is Cc1cccc(C)c1P(c1c(C)cccc1C)C(C)C(C)C1=N[C@@H](C(C)(C)C)CO1. The minimum Gasteiger partial charge on any atom is -0.478 e. The normalized spacial score (nSPS) is 18.9. The molecule has 0 aliphatic carbocycles. The molecule has 2 nitrogen and oxygen atoms in total. The molecular formula is C27H38NOP. The Morgan fingerprint density at radius 2 is 1.30 bits per heavy atom. The van der Waals surface area contributed by atoms with Crippen LogP contribution in [0, 0.1) is 39.0 Å². The Morgan fingerprint density at radius 1 is 0.867 bits per heavy atom. The summed E-state index contributed by atoms with van der Waals surface area (Å²) in [6.07, 6.45) is 0. The van der Waals surface area contributed by atoms with Crippen molar-refractivity contribution in [1.29, 1.82) is 0 Å². The lowest BCUT2D eigenvalue weighted by Crippen LogP contribution is -2.32. The predicted octanol–water partition coefficient (Wildman–Crippen LogP) is 6.22. The number of nitrogens with zero attached hydrogens (tertiary/aromatic N) is 1. The zero-order valence-corrected chi connectivity index (χ0v) is 21.1. The van der Waals surface area contributed by atoms with E-state index < -0.39 is 7.92 Å². The van der Waals surface area contributed by atoms with Gasteiger partial charge in [-0.2, -0.15) is 0 Å². The van der Waals surface area contributed by atoms with E-state index >= 15 is 0 Å². The van der Waals surface area contributed by atoms with Gasteiger partial charge in [-0.3, -0.25) is 0 Å². The van der Waals surface area contributed by atoms with Crippen LogP contribution in [-0.2, 0) is 4.74 Å². The summed E-state index contributed by atoms with van der Waals surface area (Å²) >= 11 is 0. The Labute approximate surface area is 184 Å². The highest BCUT2D eigenvalue weighted by molar-refractivity contribution is 7.74. The van der Waals surface area contributed by atoms with Crippen molar-refractivity contribution < 1.29 is 4.74 Å². The summed E-state index contributed by atoms with van der Waals surface area (Å²) < 4.78 is 6.18. The van der Waals surface area contributed by atoms with Crippen LogP contribution in [0.4, 0.5) is 0 Å². The molecule has 0 spiro atoms. The van der Waals surface area contributed by atoms with Gasteiger partial charge in [0, 0.05) is 5.92 Å². The van der Waals surface area contributed by atoms with Crippen LogP contribution >= 0.6 is 7.92 Å². The van der Waals surface area contributed by atoms with Gasteiger partial charge in [-0.15, -0.1) is 0 Å². The maximum Gasteiger partial charge on any atom is 0.187 e. The van der Waals surface area contributed by atoms with E-state index in [1.807, 2.05) is 0 Å². The standard InChI is InChI=1S/C27H38NOP/c1-17-12-10-13-18(2)24(17)30(25-19(3)14-11-15-20(25)4)22(6)21(5)26-28-23(16-29-26)27(7,8)9/h10-15,21-23H,16H2,1-9H3/t21?,22?,23-/m1/s1. The first-order valence-corrected chi connectivity index (χ1v) is 12.6. The van der Waals surface area contributed by atoms with Gasteiger partial charge in [-0.05, 0) is 79.6 Å². The maximum atomic E-state index is 6.18. The largest absolute Gasteiger partial charge is 0.478 e. The average molecular weight is 424 g/mol. The molecule has 0 amide bonds. The Morgan fingerprint density at radius 3 is 1.67 bits per heavy atom. The molecule has 0 fully saturated rings. The van der Waals surface area contributed by atoms with Gasteiger partial charge in [-0.1, -0.05) is 71.0 Å². The Bertz CT molecular complexity index is 848. The zero-order chi connectivity index (χ0) is 22.2. The monoisotopic (exact) mass is 423 g/mol. The molecule has 2 unspecified atom stereocenters. The van der Waals surface area contributed by atoms with Crippen LogP contribution in [0.2, 0.25) is 0 Å². The summed E-state index contributed by atoms with van der Waals surface area (Å²) in [5.74, 6) is 1.23. The van der Waals surface area contributed by atoms with E-state index in [0.717, 1.165) is 5.90 Å². The van der Waals surface area contributed by atoms with Crippen molar-refractivity contribution in [2.45, 2.75) is 74.0 Å². The van der Waals surface area contributed by atoms with Crippen LogP contribution in [0.15, 0.2) is 41.4 Å². The molecule has 1 heterocycles. The van der Waals surface area contributed by atoms with Crippen LogP contribution in [0.1, 0.15) is 56.9 Å². The van der Waals surface area contributed by atoms with Gasteiger partial charge in [0.2, 0.25) is 0 Å². The fraction of sp³-hybridized carbons (Fsp3) is 0.519. The third-order valence-corrected chi connectivity index (χ3v) is 10.2. The van der Waals surface area contributed by atoms with Gasteiger partial charge in [0.1, 0.15) is 6.61 Å². The predicted molar refractivity (Wildman–Crippen MR) is 133 cm³/mol. The Kier molecular flexibility index (Phi) is 6.78. The third kappa shape index (κ3) is 4.50. The number of benzene rings is 2. The summed E-state index contributed by atoms with van der Waals surface area (Å²) in [7, 11) is -0.554. The fourth-order valence-electron chi connectivity index (χ4n) is 4.41. The second-order valence-electron chi connectivity index (χ2n) is 10.0. The third-order valence-electron chi connectivity index (χ3n) is 6.55. The van der Waals surface area contributed by atoms with Crippen LogP contribution in [-0.4, -0.2) is 24.2 Å². The highest BCUT2D eigenvalue weighted by atomic mass is 31.1. The van der Waals surface area contributed by atoms with Crippen LogP contribution in [0.25, 0.3) is 0 Å². The maximum absolute atomic E-state index is 6.18. The molecule has 2 aromatic carbocycles. The van der Waals surface area contributed by atoms with E-state index in [2.05, 4.69) is 98.7 Å². The van der Waals surface area contributed by atoms with E-state index in [-0.39, 0.29) is 17.4 Å². The lowest BCUT2D eigenvalue weighted by molar-refractivity contribution is 0.229. The molecule has 0 saturated heterocycles. The first kappa shape index (κ1) is 23.0. The molecule has 3 rings (SSSR count). The molecule has 0 radical (unpaired) electrons. The molecule has 0 aromatic heterocycles. The number of hydrogen-bond donors (Lipinski definition) is 0. The molecule has 0 N–H and O–H groups in total. The van der Waals surface area contributed by atoms with Crippen molar-refractivity contribution in [3.63, 3.8) is 0 Å². The van der Waals surface area contributed by atoms with Crippen molar-refractivity contribution in [3.8, 4) is 0 Å². The number of aliphatic imine (C=N–C) groups is 1. The molecule has 0 bridgehead atoms. The molecule has 1 aliphatic rings. The van der Waals surface area contributed by atoms with E-state index in [1.165, 1.54) is 32.9 Å². The summed E-state index contributed by atoms with van der Waals surface area (Å²) in [5, 5.41) is 3.05. The van der Waals surface area contributed by atoms with E-state index in [1.54, 1.807) is 0 Å². The molecule has 0 saturated carbocycles. The number of hydrogen-bond acceptors (Lipinski definition) is 2. The Hall–Kier alpha value is -1.66. The van der Waals surface area contributed by atoms with E-state index in [0.29, 0.717) is 12.3 Å². The molecular weight excluding hydrogens is 385 g/mol. The second-order valence-corrected chi connectivity index (χ2v) is 12.5. The quantitative estimate of drug-likeness (QED) is 0.523. The van der Waals surface area contributed by atoms with Gasteiger partial charge < -0.3 is 4.74 Å². The number of rotatable bonds is 5. The smallest absolute Gasteiger partial charge is 0.187 e. The summed E-state index contributed by atoms with van der Waals surface area (Å²) in [6, 6.07) is 13.7. The van der Waals surface area contributed by atoms with Crippen molar-refractivity contribution in [1.82, 2.24) is 0 Å². The second kappa shape index (κ2) is 8.83. The highest BCUT2D eigenvalue weighted by Crippen LogP contribution is 2.47. The van der Waals surface area contributed by atoms with Gasteiger partial charge in [0.05, 0.1) is 6.04 Å². The zero-order valence-electron chi connectivity index (χ0n) is 20.2. The van der Waals surface area contributed by atoms with Gasteiger partial charge in [-0.25, -0.2) is 4.99 Å². The van der Waals surface area contributed by atoms with Crippen molar-refractivity contribution in [2.75, 3.05) is 6.61 Å². The van der Waals surface area contributed by atoms with E-state index in [9.17, 15) is 0 Å². The molecule has 3 atom stereocenters. The lowest BCUT2D eigenvalue weighted by atomic mass is 9.88. The fourth-order valence-corrected chi connectivity index (χ4v) is 7.84. The van der Waals surface area contributed by atoms with Crippen molar-refractivity contribution in [3.05, 3.63) is 58.7 Å². The molecule has 30 heavy (non-hydrogen) atoms. The number of aryl methyl sites for hydroxylation is 4. The summed E-state index contributed by atoms with van der Waals surface area (Å²) in [4.78, 5) is 5.04. The van der Waals surface area contributed by atoms with Crippen molar-refractivity contribution >= 4 is 24.4 Å². The first-order valence-electron chi connectivity index (χ1n) is 11.1. The summed E-state index contributed by atoms with van der Waals surface area (Å²) in [5.41, 5.74) is 6.13. The average Bonchev–Trinajstić information content (AvgIpc) is 3.16. The minimum atomic E-state index is -0.554. The Balaban J connectivity index is 2.09. The molecule has 162 valence electrons. The van der Waals surface area contributed by atoms with Crippen LogP contribution in [0.5, 0.6) is 0 Å². The molecule has 2 aromatic rings. The summed E-state index contributed by atoms with van der Waals surface area (Å²) in [6.45, 7) is 21.2. The highest BCUT2D eigenvalue weighted by Gasteiger charge is 2.37. The topological polar surface area (TPSA) is 21.6 Å². The minimum absolute atomic E-state index is 0.134. The van der Waals surface area contributed by atoms with Gasteiger partial charge >= 0.3 is 0 Å². The van der Waals surface area contributed by atoms with Crippen molar-refractivity contribution in [2.24, 2.45) is 16.3 Å². The van der Waals surface area contributed by atoms with Crippen LogP contribution < -0.4 is 10.6 Å².